The Bertz CT molecular complexity index is 491. The molecule has 2 heterocycles. The SMILES string of the molecule is CNC(=O)C1CCCN1C(=O)CC1CS(=O)(=O)CCN1. The van der Waals surface area contributed by atoms with E-state index in [2.05, 4.69) is 10.6 Å². The number of likely N-dealkylation sites (tertiary alicyclic amines) is 1. The monoisotopic (exact) mass is 303 g/mol. The van der Waals surface area contributed by atoms with Gasteiger partial charge in [-0.2, -0.15) is 0 Å². The maximum atomic E-state index is 12.3. The summed E-state index contributed by atoms with van der Waals surface area (Å²) < 4.78 is 23.1. The molecular formula is C12H21N3O4S. The van der Waals surface area contributed by atoms with Gasteiger partial charge in [-0.05, 0) is 12.8 Å². The predicted molar refractivity (Wildman–Crippen MR) is 73.9 cm³/mol. The van der Waals surface area contributed by atoms with Crippen LogP contribution in [-0.2, 0) is 19.4 Å². The Hall–Kier alpha value is -1.15. The number of carbonyl (C=O) groups is 2. The third-order valence-electron chi connectivity index (χ3n) is 3.84. The van der Waals surface area contributed by atoms with Crippen molar-refractivity contribution in [2.24, 2.45) is 0 Å². The summed E-state index contributed by atoms with van der Waals surface area (Å²) in [4.78, 5) is 25.5. The molecule has 8 heteroatoms. The first-order valence-electron chi connectivity index (χ1n) is 6.88. The fourth-order valence-electron chi connectivity index (χ4n) is 2.83. The molecule has 114 valence electrons. The van der Waals surface area contributed by atoms with Gasteiger partial charge in [0.05, 0.1) is 11.5 Å². The Kier molecular flexibility index (Phi) is 4.64. The standard InChI is InChI=1S/C12H21N3O4S/c1-13-12(17)10-3-2-5-15(10)11(16)7-9-8-20(18,19)6-4-14-9/h9-10,14H,2-8H2,1H3,(H,13,17). The van der Waals surface area contributed by atoms with Crippen molar-refractivity contribution in [1.82, 2.24) is 15.5 Å². The number of carbonyl (C=O) groups excluding carboxylic acids is 2. The van der Waals surface area contributed by atoms with Crippen LogP contribution in [-0.4, -0.2) is 68.9 Å². The molecule has 2 saturated heterocycles. The van der Waals surface area contributed by atoms with E-state index in [1.54, 1.807) is 11.9 Å². The number of hydrogen-bond acceptors (Lipinski definition) is 5. The summed E-state index contributed by atoms with van der Waals surface area (Å²) in [6, 6.07) is -0.750. The quantitative estimate of drug-likeness (QED) is 0.661. The number of rotatable bonds is 3. The Morgan fingerprint density at radius 1 is 1.40 bits per heavy atom. The van der Waals surface area contributed by atoms with Crippen LogP contribution in [0.5, 0.6) is 0 Å². The Morgan fingerprint density at radius 3 is 2.80 bits per heavy atom. The van der Waals surface area contributed by atoms with Crippen molar-refractivity contribution in [3.63, 3.8) is 0 Å². The molecule has 2 aliphatic heterocycles. The van der Waals surface area contributed by atoms with Gasteiger partial charge in [-0.25, -0.2) is 8.42 Å². The minimum atomic E-state index is -3.05. The van der Waals surface area contributed by atoms with E-state index in [1.807, 2.05) is 0 Å². The van der Waals surface area contributed by atoms with E-state index in [-0.39, 0.29) is 35.8 Å². The van der Waals surface area contributed by atoms with Crippen LogP contribution in [0.4, 0.5) is 0 Å². The first-order valence-corrected chi connectivity index (χ1v) is 8.70. The zero-order valence-corrected chi connectivity index (χ0v) is 12.4. The second kappa shape index (κ2) is 6.09. The minimum Gasteiger partial charge on any atom is -0.357 e. The zero-order valence-electron chi connectivity index (χ0n) is 11.6. The lowest BCUT2D eigenvalue weighted by atomic mass is 10.1. The van der Waals surface area contributed by atoms with Crippen LogP contribution >= 0.6 is 0 Å². The van der Waals surface area contributed by atoms with Gasteiger partial charge in [0.2, 0.25) is 11.8 Å². The Labute approximate surface area is 119 Å². The topological polar surface area (TPSA) is 95.6 Å². The highest BCUT2D eigenvalue weighted by atomic mass is 32.2. The average Bonchev–Trinajstić information content (AvgIpc) is 2.85. The van der Waals surface area contributed by atoms with Gasteiger partial charge < -0.3 is 15.5 Å². The van der Waals surface area contributed by atoms with Crippen LogP contribution in [0.15, 0.2) is 0 Å². The van der Waals surface area contributed by atoms with E-state index in [1.165, 1.54) is 0 Å². The lowest BCUT2D eigenvalue weighted by Crippen LogP contribution is -2.50. The van der Waals surface area contributed by atoms with Crippen LogP contribution < -0.4 is 10.6 Å². The molecule has 2 fully saturated rings. The van der Waals surface area contributed by atoms with Crippen molar-refractivity contribution in [2.45, 2.75) is 31.3 Å². The van der Waals surface area contributed by atoms with Crippen LogP contribution in [0, 0.1) is 0 Å². The molecule has 7 nitrogen and oxygen atoms in total. The number of amides is 2. The third kappa shape index (κ3) is 3.49. The summed E-state index contributed by atoms with van der Waals surface area (Å²) in [5, 5.41) is 5.62. The summed E-state index contributed by atoms with van der Waals surface area (Å²) >= 11 is 0. The van der Waals surface area contributed by atoms with Crippen LogP contribution in [0.2, 0.25) is 0 Å². The molecule has 2 amide bonds. The molecule has 2 aliphatic rings. The number of likely N-dealkylation sites (N-methyl/N-ethyl adjacent to an activating group) is 1. The van der Waals surface area contributed by atoms with Crippen molar-refractivity contribution in [2.75, 3.05) is 31.6 Å². The van der Waals surface area contributed by atoms with Gasteiger partial charge in [-0.15, -0.1) is 0 Å². The summed E-state index contributed by atoms with van der Waals surface area (Å²) in [6.07, 6.45) is 1.61. The molecule has 0 aromatic carbocycles. The van der Waals surface area contributed by atoms with Gasteiger partial charge in [-0.3, -0.25) is 9.59 Å². The zero-order chi connectivity index (χ0) is 14.8. The molecule has 2 unspecified atom stereocenters. The smallest absolute Gasteiger partial charge is 0.242 e. The summed E-state index contributed by atoms with van der Waals surface area (Å²) in [5.74, 6) is -0.176. The summed E-state index contributed by atoms with van der Waals surface area (Å²) in [7, 11) is -1.49. The van der Waals surface area contributed by atoms with Gasteiger partial charge >= 0.3 is 0 Å². The molecule has 0 aliphatic carbocycles. The molecule has 2 N–H and O–H groups in total. The highest BCUT2D eigenvalue weighted by Crippen LogP contribution is 2.19. The summed E-state index contributed by atoms with van der Waals surface area (Å²) in [6.45, 7) is 0.954. The molecule has 0 aromatic rings. The van der Waals surface area contributed by atoms with E-state index in [0.29, 0.717) is 19.5 Å². The van der Waals surface area contributed by atoms with Gasteiger partial charge in [0.15, 0.2) is 9.84 Å². The molecule has 2 rings (SSSR count). The van der Waals surface area contributed by atoms with Crippen molar-refractivity contribution in [3.05, 3.63) is 0 Å². The van der Waals surface area contributed by atoms with Crippen LogP contribution in [0.1, 0.15) is 19.3 Å². The van der Waals surface area contributed by atoms with Crippen molar-refractivity contribution in [1.29, 1.82) is 0 Å². The largest absolute Gasteiger partial charge is 0.357 e. The molecule has 0 saturated carbocycles. The molecule has 0 radical (unpaired) electrons. The molecule has 0 aromatic heterocycles. The van der Waals surface area contributed by atoms with Crippen molar-refractivity contribution >= 4 is 21.7 Å². The van der Waals surface area contributed by atoms with E-state index in [0.717, 1.165) is 6.42 Å². The fraction of sp³-hybridized carbons (Fsp3) is 0.833. The maximum Gasteiger partial charge on any atom is 0.242 e. The third-order valence-corrected chi connectivity index (χ3v) is 5.58. The highest BCUT2D eigenvalue weighted by molar-refractivity contribution is 7.91. The molecular weight excluding hydrogens is 282 g/mol. The number of hydrogen-bond donors (Lipinski definition) is 2. The van der Waals surface area contributed by atoms with E-state index >= 15 is 0 Å². The average molecular weight is 303 g/mol. The first kappa shape index (κ1) is 15.2. The lowest BCUT2D eigenvalue weighted by molar-refractivity contribution is -0.138. The van der Waals surface area contributed by atoms with Crippen molar-refractivity contribution < 1.29 is 18.0 Å². The normalized spacial score (nSPS) is 29.1. The second-order valence-electron chi connectivity index (χ2n) is 5.33. The highest BCUT2D eigenvalue weighted by Gasteiger charge is 2.35. The molecule has 20 heavy (non-hydrogen) atoms. The fourth-order valence-corrected chi connectivity index (χ4v) is 4.28. The molecule has 2 atom stereocenters. The number of nitrogens with zero attached hydrogens (tertiary/aromatic N) is 1. The van der Waals surface area contributed by atoms with Crippen LogP contribution in [0.25, 0.3) is 0 Å². The van der Waals surface area contributed by atoms with E-state index < -0.39 is 15.9 Å². The van der Waals surface area contributed by atoms with Gasteiger partial charge in [0.25, 0.3) is 0 Å². The van der Waals surface area contributed by atoms with Gasteiger partial charge in [-0.1, -0.05) is 0 Å². The maximum absolute atomic E-state index is 12.3. The number of sulfone groups is 1. The van der Waals surface area contributed by atoms with Crippen LogP contribution in [0.3, 0.4) is 0 Å². The Morgan fingerprint density at radius 2 is 2.15 bits per heavy atom. The van der Waals surface area contributed by atoms with Crippen molar-refractivity contribution in [3.8, 4) is 0 Å². The van der Waals surface area contributed by atoms with Gasteiger partial charge in [0.1, 0.15) is 6.04 Å². The van der Waals surface area contributed by atoms with E-state index in [4.69, 9.17) is 0 Å². The second-order valence-corrected chi connectivity index (χ2v) is 7.56. The Balaban J connectivity index is 1.96. The predicted octanol–water partition coefficient (Wildman–Crippen LogP) is -1.50. The molecule has 0 bridgehead atoms. The van der Waals surface area contributed by atoms with Gasteiger partial charge in [0, 0.05) is 32.6 Å². The van der Waals surface area contributed by atoms with E-state index in [9.17, 15) is 18.0 Å². The first-order chi connectivity index (χ1) is 9.43. The number of nitrogens with one attached hydrogen (secondary N) is 2. The molecule has 0 spiro atoms. The minimum absolute atomic E-state index is 0.00276. The lowest BCUT2D eigenvalue weighted by Gasteiger charge is -2.28. The summed E-state index contributed by atoms with van der Waals surface area (Å²) in [5.41, 5.74) is 0.